The normalized spacial score (nSPS) is 11.0. The van der Waals surface area contributed by atoms with Crippen LogP contribution >= 0.6 is 0 Å². The second kappa shape index (κ2) is 16.7. The van der Waals surface area contributed by atoms with Crippen molar-refractivity contribution >= 4 is 5.97 Å². The molecule has 5 heteroatoms. The Hall–Kier alpha value is -0.650. The van der Waals surface area contributed by atoms with Gasteiger partial charge in [-0.05, 0) is 19.9 Å². The summed E-state index contributed by atoms with van der Waals surface area (Å²) in [5, 5.41) is 21.6. The van der Waals surface area contributed by atoms with E-state index in [1.54, 1.807) is 21.1 Å². The van der Waals surface area contributed by atoms with Crippen LogP contribution in [0, 0.1) is 5.21 Å². The Labute approximate surface area is 137 Å². The number of hydrogen-bond acceptors (Lipinski definition) is 3. The van der Waals surface area contributed by atoms with Crippen LogP contribution in [0.1, 0.15) is 71.1 Å². The fourth-order valence-electron chi connectivity index (χ4n) is 2.13. The van der Waals surface area contributed by atoms with Crippen molar-refractivity contribution in [2.45, 2.75) is 71.1 Å². The molecule has 0 spiro atoms. The van der Waals surface area contributed by atoms with Crippen LogP contribution in [0.5, 0.6) is 0 Å². The molecule has 5 nitrogen and oxygen atoms in total. The monoisotopic (exact) mass is 318 g/mol. The summed E-state index contributed by atoms with van der Waals surface area (Å²) >= 11 is 0. The predicted octanol–water partition coefficient (Wildman–Crippen LogP) is 3.77. The molecule has 22 heavy (non-hydrogen) atoms. The summed E-state index contributed by atoms with van der Waals surface area (Å²) in [5.74, 6) is -0.822. The highest BCUT2D eigenvalue weighted by Gasteiger charge is 2.00. The maximum Gasteiger partial charge on any atom is 0.317 e. The molecule has 0 saturated carbocycles. The Morgan fingerprint density at radius 2 is 1.36 bits per heavy atom. The number of rotatable bonds is 13. The summed E-state index contributed by atoms with van der Waals surface area (Å²) in [6.45, 7) is 3.08. The average molecular weight is 319 g/mol. The molecule has 0 aliphatic rings. The molecule has 0 heterocycles. The number of quaternary nitrogens is 1. The van der Waals surface area contributed by atoms with Crippen LogP contribution in [0.3, 0.4) is 0 Å². The van der Waals surface area contributed by atoms with Gasteiger partial charge in [-0.3, -0.25) is 4.79 Å². The highest BCUT2D eigenvalue weighted by atomic mass is 16.5. The molecule has 0 aromatic heterocycles. The third kappa shape index (κ3) is 27.7. The van der Waals surface area contributed by atoms with E-state index < -0.39 is 5.97 Å². The van der Waals surface area contributed by atoms with Crippen LogP contribution in [-0.4, -0.2) is 50.0 Å². The summed E-state index contributed by atoms with van der Waals surface area (Å²) < 4.78 is -0.128. The number of carboxylic acids is 1. The Kier molecular flexibility index (Phi) is 17.9. The average Bonchev–Trinajstić information content (AvgIpc) is 2.40. The lowest BCUT2D eigenvalue weighted by Gasteiger charge is -2.33. The molecule has 0 bridgehead atoms. The van der Waals surface area contributed by atoms with Gasteiger partial charge in [0, 0.05) is 0 Å². The van der Waals surface area contributed by atoms with Gasteiger partial charge < -0.3 is 20.3 Å². The molecule has 0 fully saturated rings. The highest BCUT2D eigenvalue weighted by Crippen LogP contribution is 2.11. The number of hydrogen-bond donors (Lipinski definition) is 2. The van der Waals surface area contributed by atoms with Crippen molar-refractivity contribution in [3.63, 3.8) is 0 Å². The largest absolute Gasteiger partial charge is 0.633 e. The molecule has 0 radical (unpaired) electrons. The fraction of sp³-hybridized carbons (Fsp3) is 0.941. The Bertz CT molecular complexity index is 241. The van der Waals surface area contributed by atoms with Gasteiger partial charge in [-0.15, -0.1) is 0 Å². The molecule has 0 aromatic rings. The van der Waals surface area contributed by atoms with E-state index in [0.717, 1.165) is 13.0 Å². The van der Waals surface area contributed by atoms with E-state index in [2.05, 4.69) is 12.2 Å². The van der Waals surface area contributed by atoms with Gasteiger partial charge in [0.25, 0.3) is 0 Å². The van der Waals surface area contributed by atoms with Crippen molar-refractivity contribution in [2.75, 3.05) is 34.2 Å². The van der Waals surface area contributed by atoms with E-state index in [-0.39, 0.29) is 11.2 Å². The zero-order valence-corrected chi connectivity index (χ0v) is 15.2. The standard InChI is InChI=1S/C14H31NO.C3H7NO2/c1-4-5-6-7-8-9-10-11-12-13-14-15(2,3)16;1-4-2-3(5)6/h4-14H2,1-3H3;4H,2H2,1H3,(H,5,6). The van der Waals surface area contributed by atoms with Crippen molar-refractivity contribution in [1.29, 1.82) is 0 Å². The lowest BCUT2D eigenvalue weighted by Crippen LogP contribution is -2.32. The van der Waals surface area contributed by atoms with Crippen molar-refractivity contribution in [1.82, 2.24) is 5.32 Å². The number of unbranched alkanes of at least 4 members (excludes halogenated alkanes) is 9. The van der Waals surface area contributed by atoms with E-state index in [4.69, 9.17) is 5.11 Å². The van der Waals surface area contributed by atoms with Crippen LogP contribution in [-0.2, 0) is 4.79 Å². The smallest absolute Gasteiger partial charge is 0.317 e. The first-order valence-electron chi connectivity index (χ1n) is 8.74. The van der Waals surface area contributed by atoms with Crippen LogP contribution in [0.25, 0.3) is 0 Å². The van der Waals surface area contributed by atoms with Gasteiger partial charge in [-0.25, -0.2) is 0 Å². The van der Waals surface area contributed by atoms with E-state index in [1.165, 1.54) is 57.8 Å². The zero-order chi connectivity index (χ0) is 17.3. The van der Waals surface area contributed by atoms with Gasteiger partial charge in [0.2, 0.25) is 0 Å². The number of carbonyl (C=O) groups is 1. The molecule has 0 aliphatic carbocycles. The SMILES string of the molecule is CCCCCCCCCCCC[N+](C)(C)[O-].CNCC(=O)O. The Morgan fingerprint density at radius 1 is 0.955 bits per heavy atom. The van der Waals surface area contributed by atoms with Crippen LogP contribution in [0.15, 0.2) is 0 Å². The number of carboxylic acid groups (broad SMARTS) is 1. The third-order valence-electron chi connectivity index (χ3n) is 3.38. The van der Waals surface area contributed by atoms with Crippen LogP contribution in [0.2, 0.25) is 0 Å². The first kappa shape index (κ1) is 23.6. The molecular formula is C17H38N2O3. The summed E-state index contributed by atoms with van der Waals surface area (Å²) in [7, 11) is 5.05. The maximum atomic E-state index is 11.3. The van der Waals surface area contributed by atoms with E-state index >= 15 is 0 Å². The maximum absolute atomic E-state index is 11.3. The number of aliphatic carboxylic acids is 1. The third-order valence-corrected chi connectivity index (χ3v) is 3.38. The van der Waals surface area contributed by atoms with Gasteiger partial charge in [-0.2, -0.15) is 0 Å². The second-order valence-electron chi connectivity index (χ2n) is 6.40. The lowest BCUT2D eigenvalue weighted by atomic mass is 10.1. The summed E-state index contributed by atoms with van der Waals surface area (Å²) in [6, 6.07) is 0. The molecule has 134 valence electrons. The number of likely N-dealkylation sites (N-methyl/N-ethyl adjacent to an activating group) is 1. The molecule has 0 rings (SSSR count). The number of hydroxylamine groups is 3. The number of nitrogens with one attached hydrogen (secondary N) is 1. The van der Waals surface area contributed by atoms with Crippen LogP contribution in [0.4, 0.5) is 0 Å². The van der Waals surface area contributed by atoms with Crippen molar-refractivity contribution in [3.05, 3.63) is 5.21 Å². The highest BCUT2D eigenvalue weighted by molar-refractivity contribution is 5.68. The van der Waals surface area contributed by atoms with Gasteiger partial charge in [0.05, 0.1) is 27.2 Å². The first-order chi connectivity index (χ1) is 10.3. The second-order valence-corrected chi connectivity index (χ2v) is 6.40. The molecular weight excluding hydrogens is 280 g/mol. The number of nitrogens with zero attached hydrogens (tertiary/aromatic N) is 1. The quantitative estimate of drug-likeness (QED) is 0.308. The van der Waals surface area contributed by atoms with Crippen molar-refractivity contribution in [2.24, 2.45) is 0 Å². The van der Waals surface area contributed by atoms with Crippen molar-refractivity contribution in [3.8, 4) is 0 Å². The minimum atomic E-state index is -0.822. The van der Waals surface area contributed by atoms with Gasteiger partial charge >= 0.3 is 5.97 Å². The van der Waals surface area contributed by atoms with Gasteiger partial charge in [0.1, 0.15) is 0 Å². The fourth-order valence-corrected chi connectivity index (χ4v) is 2.13. The van der Waals surface area contributed by atoms with E-state index in [0.29, 0.717) is 0 Å². The molecule has 0 aromatic carbocycles. The minimum Gasteiger partial charge on any atom is -0.633 e. The topological polar surface area (TPSA) is 72.4 Å². The molecule has 0 amide bonds. The molecule has 0 unspecified atom stereocenters. The minimum absolute atomic E-state index is 0.0417. The van der Waals surface area contributed by atoms with Gasteiger partial charge in [-0.1, -0.05) is 58.3 Å². The van der Waals surface area contributed by atoms with E-state index in [1.807, 2.05) is 0 Å². The first-order valence-corrected chi connectivity index (χ1v) is 8.74. The van der Waals surface area contributed by atoms with Crippen molar-refractivity contribution < 1.29 is 14.5 Å². The van der Waals surface area contributed by atoms with E-state index in [9.17, 15) is 10.0 Å². The molecule has 0 saturated heterocycles. The van der Waals surface area contributed by atoms with Crippen LogP contribution < -0.4 is 5.32 Å². The molecule has 0 atom stereocenters. The van der Waals surface area contributed by atoms with Gasteiger partial charge in [0.15, 0.2) is 0 Å². The summed E-state index contributed by atoms with van der Waals surface area (Å²) in [4.78, 5) is 9.54. The molecule has 0 aliphatic heterocycles. The summed E-state index contributed by atoms with van der Waals surface area (Å²) in [5.41, 5.74) is 0. The predicted molar refractivity (Wildman–Crippen MR) is 93.7 cm³/mol. The Balaban J connectivity index is 0. The Morgan fingerprint density at radius 3 is 1.64 bits per heavy atom. The molecule has 2 N–H and O–H groups in total. The zero-order valence-electron chi connectivity index (χ0n) is 15.2. The lowest BCUT2D eigenvalue weighted by molar-refractivity contribution is -0.840. The summed E-state index contributed by atoms with van der Waals surface area (Å²) in [6.07, 6.45) is 13.4.